The lowest BCUT2D eigenvalue weighted by Gasteiger charge is -2.51. The Bertz CT molecular complexity index is 802. The van der Waals surface area contributed by atoms with E-state index in [1.54, 1.807) is 12.1 Å². The maximum atomic E-state index is 13.7. The molecular weight excluding hydrogens is 324 g/mol. The van der Waals surface area contributed by atoms with Crippen molar-refractivity contribution >= 4 is 5.91 Å². The Morgan fingerprint density at radius 3 is 2.32 bits per heavy atom. The van der Waals surface area contributed by atoms with Gasteiger partial charge in [-0.15, -0.1) is 0 Å². The van der Waals surface area contributed by atoms with Crippen LogP contribution in [0, 0.1) is 17.6 Å². The van der Waals surface area contributed by atoms with Gasteiger partial charge in [0.05, 0.1) is 6.04 Å². The van der Waals surface area contributed by atoms with E-state index in [0.717, 1.165) is 32.0 Å². The average Bonchev–Trinajstić information content (AvgIpc) is 3.00. The zero-order valence-electron chi connectivity index (χ0n) is 14.1. The molecule has 4 nitrogen and oxygen atoms in total. The maximum absolute atomic E-state index is 13.7. The molecule has 4 heterocycles. The molecule has 5 rings (SSSR count). The number of aromatic nitrogens is 1. The zero-order chi connectivity index (χ0) is 17.7. The number of benzene rings is 1. The second-order valence-corrected chi connectivity index (χ2v) is 7.10. The Hall–Kier alpha value is -2.21. The van der Waals surface area contributed by atoms with Crippen LogP contribution in [-0.2, 0) is 0 Å². The van der Waals surface area contributed by atoms with Crippen molar-refractivity contribution < 1.29 is 13.6 Å². The third kappa shape index (κ3) is 2.65. The molecule has 3 aliphatic heterocycles. The number of primary amides is 1. The molecule has 1 aromatic carbocycles. The summed E-state index contributed by atoms with van der Waals surface area (Å²) in [5.41, 5.74) is 7.05. The Kier molecular flexibility index (Phi) is 3.87. The molecule has 0 unspecified atom stereocenters. The molecule has 2 aromatic rings. The van der Waals surface area contributed by atoms with Gasteiger partial charge >= 0.3 is 0 Å². The minimum absolute atomic E-state index is 0.0707. The number of halogens is 2. The Balaban J connectivity index is 1.88. The molecule has 3 aliphatic rings. The van der Waals surface area contributed by atoms with Gasteiger partial charge in [0, 0.05) is 23.4 Å². The fraction of sp³-hybridized carbons (Fsp3) is 0.421. The SMILES string of the molecule is C[C@H]1[C@H](n2c(C(N)=O)ccc2-c2cc(F)cc(F)c2)C2CCN1CC2. The van der Waals surface area contributed by atoms with E-state index in [2.05, 4.69) is 11.8 Å². The van der Waals surface area contributed by atoms with Gasteiger partial charge in [-0.25, -0.2) is 8.78 Å². The van der Waals surface area contributed by atoms with E-state index < -0.39 is 17.5 Å². The van der Waals surface area contributed by atoms with Crippen molar-refractivity contribution in [2.45, 2.75) is 31.8 Å². The van der Waals surface area contributed by atoms with Gasteiger partial charge in [-0.3, -0.25) is 9.69 Å². The maximum Gasteiger partial charge on any atom is 0.265 e. The van der Waals surface area contributed by atoms with E-state index in [-0.39, 0.29) is 12.1 Å². The van der Waals surface area contributed by atoms with E-state index in [4.69, 9.17) is 5.73 Å². The van der Waals surface area contributed by atoms with Crippen LogP contribution in [0.5, 0.6) is 0 Å². The lowest BCUT2D eigenvalue weighted by molar-refractivity contribution is 0.00606. The van der Waals surface area contributed by atoms with Crippen LogP contribution in [0.3, 0.4) is 0 Å². The Morgan fingerprint density at radius 2 is 1.76 bits per heavy atom. The monoisotopic (exact) mass is 345 g/mol. The third-order valence-electron chi connectivity index (χ3n) is 5.75. The van der Waals surface area contributed by atoms with Crippen LogP contribution >= 0.6 is 0 Å². The van der Waals surface area contributed by atoms with Gasteiger partial charge in [0.25, 0.3) is 5.91 Å². The zero-order valence-corrected chi connectivity index (χ0v) is 14.1. The third-order valence-corrected chi connectivity index (χ3v) is 5.75. The fourth-order valence-electron chi connectivity index (χ4n) is 4.61. The normalized spacial score (nSPS) is 28.3. The average molecular weight is 345 g/mol. The molecule has 3 fully saturated rings. The summed E-state index contributed by atoms with van der Waals surface area (Å²) in [4.78, 5) is 14.4. The molecule has 1 aromatic heterocycles. The number of nitrogens with zero attached hydrogens (tertiary/aromatic N) is 2. The summed E-state index contributed by atoms with van der Waals surface area (Å²) < 4.78 is 29.4. The highest BCUT2D eigenvalue weighted by molar-refractivity contribution is 5.92. The van der Waals surface area contributed by atoms with Gasteiger partial charge in [0.15, 0.2) is 0 Å². The van der Waals surface area contributed by atoms with Crippen LogP contribution < -0.4 is 5.73 Å². The second-order valence-electron chi connectivity index (χ2n) is 7.10. The van der Waals surface area contributed by atoms with Crippen molar-refractivity contribution in [3.8, 4) is 11.3 Å². The molecule has 0 aliphatic carbocycles. The predicted molar refractivity (Wildman–Crippen MR) is 91.1 cm³/mol. The molecule has 2 atom stereocenters. The number of carbonyl (C=O) groups is 1. The molecule has 132 valence electrons. The van der Waals surface area contributed by atoms with Crippen molar-refractivity contribution in [2.24, 2.45) is 11.7 Å². The van der Waals surface area contributed by atoms with E-state index in [1.807, 2.05) is 4.57 Å². The van der Waals surface area contributed by atoms with E-state index >= 15 is 0 Å². The van der Waals surface area contributed by atoms with Crippen molar-refractivity contribution in [3.63, 3.8) is 0 Å². The number of hydrogen-bond donors (Lipinski definition) is 1. The van der Waals surface area contributed by atoms with Crippen LogP contribution in [0.4, 0.5) is 8.78 Å². The molecule has 25 heavy (non-hydrogen) atoms. The number of piperidine rings is 3. The first-order valence-corrected chi connectivity index (χ1v) is 8.67. The minimum Gasteiger partial charge on any atom is -0.364 e. The van der Waals surface area contributed by atoms with Gasteiger partial charge in [-0.05, 0) is 63.0 Å². The molecular formula is C19H21F2N3O. The standard InChI is InChI=1S/C19H21F2N3O/c1-11-18(12-4-6-23(11)7-5-12)24-16(2-3-17(24)19(22)25)13-8-14(20)10-15(21)9-13/h2-3,8-12,18H,4-7H2,1H3,(H2,22,25)/t11-,18-/m0/s1. The smallest absolute Gasteiger partial charge is 0.265 e. The van der Waals surface area contributed by atoms with Gasteiger partial charge in [0.1, 0.15) is 17.3 Å². The summed E-state index contributed by atoms with van der Waals surface area (Å²) >= 11 is 0. The van der Waals surface area contributed by atoms with Gasteiger partial charge in [-0.2, -0.15) is 0 Å². The van der Waals surface area contributed by atoms with E-state index in [9.17, 15) is 13.6 Å². The summed E-state index contributed by atoms with van der Waals surface area (Å²) in [6.07, 6.45) is 2.12. The number of hydrogen-bond acceptors (Lipinski definition) is 2. The minimum atomic E-state index is -0.634. The lowest BCUT2D eigenvalue weighted by atomic mass is 9.79. The van der Waals surface area contributed by atoms with Crippen molar-refractivity contribution in [1.29, 1.82) is 0 Å². The molecule has 2 bridgehead atoms. The number of amides is 1. The molecule has 0 spiro atoms. The van der Waals surface area contributed by atoms with Crippen molar-refractivity contribution in [1.82, 2.24) is 9.47 Å². The van der Waals surface area contributed by atoms with Gasteiger partial charge < -0.3 is 10.3 Å². The van der Waals surface area contributed by atoms with E-state index in [0.29, 0.717) is 22.9 Å². The van der Waals surface area contributed by atoms with Crippen LogP contribution in [-0.4, -0.2) is 34.5 Å². The Morgan fingerprint density at radius 1 is 1.12 bits per heavy atom. The number of carbonyl (C=O) groups excluding carboxylic acids is 1. The topological polar surface area (TPSA) is 51.3 Å². The summed E-state index contributed by atoms with van der Waals surface area (Å²) in [7, 11) is 0. The molecule has 6 heteroatoms. The van der Waals surface area contributed by atoms with Crippen molar-refractivity contribution in [3.05, 3.63) is 47.7 Å². The summed E-state index contributed by atoms with van der Waals surface area (Å²) in [6, 6.07) is 7.15. The molecule has 2 N–H and O–H groups in total. The largest absolute Gasteiger partial charge is 0.364 e. The highest BCUT2D eigenvalue weighted by Crippen LogP contribution is 2.43. The summed E-state index contributed by atoms with van der Waals surface area (Å²) in [6.45, 7) is 4.26. The van der Waals surface area contributed by atoms with Crippen LogP contribution in [0.25, 0.3) is 11.3 Å². The lowest BCUT2D eigenvalue weighted by Crippen LogP contribution is -2.54. The van der Waals surface area contributed by atoms with Crippen molar-refractivity contribution in [2.75, 3.05) is 13.1 Å². The van der Waals surface area contributed by atoms with Gasteiger partial charge in [-0.1, -0.05) is 0 Å². The van der Waals surface area contributed by atoms with Crippen LogP contribution in [0.1, 0.15) is 36.3 Å². The highest BCUT2D eigenvalue weighted by Gasteiger charge is 2.42. The Labute approximate surface area is 145 Å². The first-order valence-electron chi connectivity index (χ1n) is 8.67. The van der Waals surface area contributed by atoms with Gasteiger partial charge in [0.2, 0.25) is 0 Å². The molecule has 3 saturated heterocycles. The first-order chi connectivity index (χ1) is 12.0. The first kappa shape index (κ1) is 16.3. The summed E-state index contributed by atoms with van der Waals surface area (Å²) in [5, 5.41) is 0. The summed E-state index contributed by atoms with van der Waals surface area (Å²) in [5.74, 6) is -1.36. The fourth-order valence-corrected chi connectivity index (χ4v) is 4.61. The predicted octanol–water partition coefficient (Wildman–Crippen LogP) is 3.19. The molecule has 0 saturated carbocycles. The number of rotatable bonds is 3. The number of fused-ring (bicyclic) bond motifs is 3. The quantitative estimate of drug-likeness (QED) is 0.929. The van der Waals surface area contributed by atoms with E-state index in [1.165, 1.54) is 12.1 Å². The van der Waals surface area contributed by atoms with Crippen LogP contribution in [0.15, 0.2) is 30.3 Å². The molecule has 0 radical (unpaired) electrons. The van der Waals surface area contributed by atoms with Crippen LogP contribution in [0.2, 0.25) is 0 Å². The number of nitrogens with two attached hydrogens (primary N) is 1. The molecule has 1 amide bonds. The highest BCUT2D eigenvalue weighted by atomic mass is 19.1. The second kappa shape index (κ2) is 5.95.